The fourth-order valence-electron chi connectivity index (χ4n) is 2.60. The normalized spacial score (nSPS) is 45.9. The zero-order valence-corrected chi connectivity index (χ0v) is 6.77. The van der Waals surface area contributed by atoms with Crippen molar-refractivity contribution < 1.29 is 0 Å². The van der Waals surface area contributed by atoms with Crippen LogP contribution in [0, 0.1) is 11.8 Å². The average molecular weight is 139 g/mol. The Morgan fingerprint density at radius 3 is 2.10 bits per heavy atom. The van der Waals surface area contributed by atoms with E-state index in [1.54, 1.807) is 0 Å². The highest BCUT2D eigenvalue weighted by Crippen LogP contribution is 2.47. The molecule has 0 heterocycles. The number of nitrogens with one attached hydrogen (secondary N) is 1. The summed E-state index contributed by atoms with van der Waals surface area (Å²) in [5.41, 5.74) is 0. The van der Waals surface area contributed by atoms with Gasteiger partial charge in [-0.25, -0.2) is 0 Å². The van der Waals surface area contributed by atoms with E-state index < -0.39 is 0 Å². The Kier molecular flexibility index (Phi) is 1.69. The lowest BCUT2D eigenvalue weighted by molar-refractivity contribution is 0.582. The van der Waals surface area contributed by atoms with Crippen LogP contribution in [0.3, 0.4) is 0 Å². The Hall–Kier alpha value is -0.0400. The monoisotopic (exact) mass is 139 g/mol. The van der Waals surface area contributed by atoms with E-state index in [0.29, 0.717) is 0 Å². The molecule has 2 aliphatic rings. The summed E-state index contributed by atoms with van der Waals surface area (Å²) >= 11 is 0. The molecule has 1 N–H and O–H groups in total. The molecule has 0 aliphatic heterocycles. The van der Waals surface area contributed by atoms with Crippen LogP contribution in [0.5, 0.6) is 0 Å². The van der Waals surface area contributed by atoms with E-state index in [1.165, 1.54) is 32.1 Å². The zero-order valence-electron chi connectivity index (χ0n) is 6.77. The number of hydrogen-bond donors (Lipinski definition) is 1. The maximum absolute atomic E-state index is 3.41. The molecule has 1 nitrogen and oxygen atoms in total. The van der Waals surface area contributed by atoms with Crippen LogP contribution in [-0.2, 0) is 0 Å². The second-order valence-corrected chi connectivity index (χ2v) is 3.78. The van der Waals surface area contributed by atoms with Gasteiger partial charge >= 0.3 is 0 Å². The summed E-state index contributed by atoms with van der Waals surface area (Å²) in [6.45, 7) is 0. The van der Waals surface area contributed by atoms with E-state index in [9.17, 15) is 0 Å². The first-order valence-corrected chi connectivity index (χ1v) is 4.61. The van der Waals surface area contributed by atoms with Crippen molar-refractivity contribution in [3.05, 3.63) is 0 Å². The third-order valence-corrected chi connectivity index (χ3v) is 3.24. The summed E-state index contributed by atoms with van der Waals surface area (Å²) < 4.78 is 0. The molecule has 2 saturated carbocycles. The maximum Gasteiger partial charge on any atom is 0.0127 e. The summed E-state index contributed by atoms with van der Waals surface area (Å²) in [6.07, 6.45) is 7.45. The van der Waals surface area contributed by atoms with Crippen LogP contribution in [0.1, 0.15) is 32.1 Å². The molecule has 10 heavy (non-hydrogen) atoms. The van der Waals surface area contributed by atoms with Crippen molar-refractivity contribution in [2.45, 2.75) is 38.1 Å². The quantitative estimate of drug-likeness (QED) is 0.584. The van der Waals surface area contributed by atoms with E-state index in [1.807, 2.05) is 0 Å². The average Bonchev–Trinajstić information content (AvgIpc) is 2.59. The summed E-state index contributed by atoms with van der Waals surface area (Å²) in [6, 6.07) is 0.903. The summed E-state index contributed by atoms with van der Waals surface area (Å²) in [7, 11) is 2.11. The molecule has 0 aromatic heterocycles. The van der Waals surface area contributed by atoms with E-state index >= 15 is 0 Å². The van der Waals surface area contributed by atoms with Gasteiger partial charge in [-0.3, -0.25) is 0 Å². The summed E-state index contributed by atoms with van der Waals surface area (Å²) in [5, 5.41) is 3.41. The minimum atomic E-state index is 0.903. The molecule has 0 bridgehead atoms. The molecule has 3 atom stereocenters. The highest BCUT2D eigenvalue weighted by Gasteiger charge is 2.48. The van der Waals surface area contributed by atoms with Crippen LogP contribution in [0.2, 0.25) is 0 Å². The molecule has 0 amide bonds. The molecule has 0 radical (unpaired) electrons. The number of fused-ring (bicyclic) bond motifs is 1. The predicted molar refractivity (Wildman–Crippen MR) is 42.9 cm³/mol. The molecular formula is C9H17N. The van der Waals surface area contributed by atoms with Crippen LogP contribution >= 0.6 is 0 Å². The fourth-order valence-corrected chi connectivity index (χ4v) is 2.60. The lowest BCUT2D eigenvalue weighted by atomic mass is 10.1. The zero-order chi connectivity index (χ0) is 6.97. The predicted octanol–water partition coefficient (Wildman–Crippen LogP) is 1.78. The minimum absolute atomic E-state index is 0.903. The summed E-state index contributed by atoms with van der Waals surface area (Å²) in [5.74, 6) is 2.12. The Bertz CT molecular complexity index is 110. The molecule has 2 rings (SSSR count). The van der Waals surface area contributed by atoms with Crippen molar-refractivity contribution in [3.8, 4) is 0 Å². The first-order chi connectivity index (χ1) is 4.93. The van der Waals surface area contributed by atoms with E-state index in [4.69, 9.17) is 0 Å². The topological polar surface area (TPSA) is 12.0 Å². The molecule has 1 heteroatoms. The van der Waals surface area contributed by atoms with Gasteiger partial charge in [0.05, 0.1) is 0 Å². The highest BCUT2D eigenvalue weighted by atomic mass is 15.0. The molecule has 2 aliphatic carbocycles. The largest absolute Gasteiger partial charge is 0.316 e. The third-order valence-electron chi connectivity index (χ3n) is 3.24. The molecule has 0 saturated heterocycles. The molecule has 0 aromatic carbocycles. The second kappa shape index (κ2) is 2.54. The molecule has 58 valence electrons. The van der Waals surface area contributed by atoms with Crippen LogP contribution < -0.4 is 5.32 Å². The van der Waals surface area contributed by atoms with Gasteiger partial charge in [-0.2, -0.15) is 0 Å². The van der Waals surface area contributed by atoms with Crippen LogP contribution in [0.4, 0.5) is 0 Å². The van der Waals surface area contributed by atoms with Gasteiger partial charge < -0.3 is 5.32 Å². The Labute approximate surface area is 63.2 Å². The van der Waals surface area contributed by atoms with Gasteiger partial charge in [0, 0.05) is 6.04 Å². The van der Waals surface area contributed by atoms with Crippen molar-refractivity contribution in [1.82, 2.24) is 5.32 Å². The number of rotatable bonds is 1. The first-order valence-electron chi connectivity index (χ1n) is 4.61. The SMILES string of the molecule is CNC1[C@H]2CCCCC[C@@H]12. The van der Waals surface area contributed by atoms with Crippen molar-refractivity contribution >= 4 is 0 Å². The molecule has 1 unspecified atom stereocenters. The number of hydrogen-bond acceptors (Lipinski definition) is 1. The smallest absolute Gasteiger partial charge is 0.0127 e. The van der Waals surface area contributed by atoms with Gasteiger partial charge in [0.25, 0.3) is 0 Å². The lowest BCUT2D eigenvalue weighted by Crippen LogP contribution is -2.13. The Morgan fingerprint density at radius 2 is 1.60 bits per heavy atom. The van der Waals surface area contributed by atoms with Crippen LogP contribution in [0.15, 0.2) is 0 Å². The van der Waals surface area contributed by atoms with Gasteiger partial charge in [-0.05, 0) is 31.7 Å². The van der Waals surface area contributed by atoms with E-state index in [0.717, 1.165) is 17.9 Å². The first kappa shape index (κ1) is 6.66. The van der Waals surface area contributed by atoms with Crippen LogP contribution in [-0.4, -0.2) is 13.1 Å². The molecular weight excluding hydrogens is 122 g/mol. The molecule has 2 fully saturated rings. The lowest BCUT2D eigenvalue weighted by Gasteiger charge is -1.99. The third kappa shape index (κ3) is 0.968. The van der Waals surface area contributed by atoms with Gasteiger partial charge in [0.1, 0.15) is 0 Å². The van der Waals surface area contributed by atoms with Gasteiger partial charge in [0.2, 0.25) is 0 Å². The standard InChI is InChI=1S/C9H17N/c1-10-9-7-5-3-2-4-6-8(7)9/h7-10H,2-6H2,1H3/t7-,8+,9?. The van der Waals surface area contributed by atoms with Crippen molar-refractivity contribution in [1.29, 1.82) is 0 Å². The Morgan fingerprint density at radius 1 is 1.00 bits per heavy atom. The molecule has 0 aromatic rings. The van der Waals surface area contributed by atoms with Crippen molar-refractivity contribution in [2.75, 3.05) is 7.05 Å². The summed E-state index contributed by atoms with van der Waals surface area (Å²) in [4.78, 5) is 0. The Balaban J connectivity index is 1.89. The van der Waals surface area contributed by atoms with Gasteiger partial charge in [-0.1, -0.05) is 19.3 Å². The maximum atomic E-state index is 3.41. The van der Waals surface area contributed by atoms with Gasteiger partial charge in [-0.15, -0.1) is 0 Å². The van der Waals surface area contributed by atoms with Crippen molar-refractivity contribution in [2.24, 2.45) is 11.8 Å². The van der Waals surface area contributed by atoms with E-state index in [-0.39, 0.29) is 0 Å². The second-order valence-electron chi connectivity index (χ2n) is 3.78. The van der Waals surface area contributed by atoms with Crippen molar-refractivity contribution in [3.63, 3.8) is 0 Å². The van der Waals surface area contributed by atoms with E-state index in [2.05, 4.69) is 12.4 Å². The fraction of sp³-hybridized carbons (Fsp3) is 1.00. The minimum Gasteiger partial charge on any atom is -0.316 e. The highest BCUT2D eigenvalue weighted by molar-refractivity contribution is 5.02. The molecule has 0 spiro atoms. The van der Waals surface area contributed by atoms with Gasteiger partial charge in [0.15, 0.2) is 0 Å². The van der Waals surface area contributed by atoms with Crippen LogP contribution in [0.25, 0.3) is 0 Å².